The molecule has 8 heteroatoms. The van der Waals surface area contributed by atoms with Crippen LogP contribution in [-0.2, 0) is 14.3 Å². The summed E-state index contributed by atoms with van der Waals surface area (Å²) in [5, 5.41) is 14.5. The fourth-order valence-electron chi connectivity index (χ4n) is 4.70. The van der Waals surface area contributed by atoms with Gasteiger partial charge in [-0.25, -0.2) is 9.59 Å². The number of fused-ring (bicyclic) bond motifs is 3. The van der Waals surface area contributed by atoms with Crippen LogP contribution in [0.2, 0.25) is 0 Å². The third-order valence-electron chi connectivity index (χ3n) is 6.40. The van der Waals surface area contributed by atoms with Crippen molar-refractivity contribution in [3.8, 4) is 11.1 Å². The number of carboxylic acid groups (broad SMARTS) is 1. The highest BCUT2D eigenvalue weighted by atomic mass is 16.6. The highest BCUT2D eigenvalue weighted by molar-refractivity contribution is 5.96. The number of hydrogen-bond acceptors (Lipinski definition) is 5. The Balaban J connectivity index is 1.19. The van der Waals surface area contributed by atoms with Crippen molar-refractivity contribution in [1.82, 2.24) is 5.32 Å². The second-order valence-electron chi connectivity index (χ2n) is 8.53. The summed E-state index contributed by atoms with van der Waals surface area (Å²) in [7, 11) is 0. The normalized spacial score (nSPS) is 18.4. The number of carbonyl (C=O) groups is 3. The van der Waals surface area contributed by atoms with Crippen LogP contribution in [0.25, 0.3) is 11.1 Å². The zero-order valence-corrected chi connectivity index (χ0v) is 18.8. The van der Waals surface area contributed by atoms with Gasteiger partial charge in [-0.3, -0.25) is 4.79 Å². The molecule has 35 heavy (non-hydrogen) atoms. The van der Waals surface area contributed by atoms with Crippen LogP contribution in [-0.4, -0.2) is 48.4 Å². The quantitative estimate of drug-likeness (QED) is 0.499. The van der Waals surface area contributed by atoms with Crippen LogP contribution >= 0.6 is 0 Å². The van der Waals surface area contributed by atoms with Crippen LogP contribution in [0.1, 0.15) is 33.8 Å². The maximum atomic E-state index is 12.7. The van der Waals surface area contributed by atoms with Gasteiger partial charge in [0, 0.05) is 18.2 Å². The predicted molar refractivity (Wildman–Crippen MR) is 128 cm³/mol. The molecule has 3 N–H and O–H groups in total. The Labute approximate surface area is 201 Å². The maximum Gasteiger partial charge on any atom is 0.407 e. The van der Waals surface area contributed by atoms with Gasteiger partial charge in [0.15, 0.2) is 6.10 Å². The van der Waals surface area contributed by atoms with Crippen molar-refractivity contribution in [3.63, 3.8) is 0 Å². The van der Waals surface area contributed by atoms with Gasteiger partial charge in [0.2, 0.25) is 0 Å². The Hall–Kier alpha value is -4.17. The zero-order chi connectivity index (χ0) is 24.4. The van der Waals surface area contributed by atoms with Gasteiger partial charge in [-0.15, -0.1) is 0 Å². The van der Waals surface area contributed by atoms with Crippen molar-refractivity contribution >= 4 is 23.7 Å². The lowest BCUT2D eigenvalue weighted by molar-refractivity contribution is -0.125. The molecule has 3 aromatic rings. The second-order valence-corrected chi connectivity index (χ2v) is 8.53. The Bertz CT molecular complexity index is 1230. The van der Waals surface area contributed by atoms with E-state index in [1.807, 2.05) is 24.3 Å². The van der Waals surface area contributed by atoms with Gasteiger partial charge >= 0.3 is 12.1 Å². The van der Waals surface area contributed by atoms with E-state index >= 15 is 0 Å². The van der Waals surface area contributed by atoms with Crippen molar-refractivity contribution in [2.24, 2.45) is 0 Å². The van der Waals surface area contributed by atoms with Crippen LogP contribution in [0.4, 0.5) is 10.5 Å². The molecule has 0 saturated carbocycles. The zero-order valence-electron chi connectivity index (χ0n) is 18.8. The van der Waals surface area contributed by atoms with Gasteiger partial charge in [0.1, 0.15) is 6.61 Å². The first-order chi connectivity index (χ1) is 17.0. The molecule has 2 amide bonds. The van der Waals surface area contributed by atoms with Crippen molar-refractivity contribution < 1.29 is 29.0 Å². The second kappa shape index (κ2) is 9.60. The van der Waals surface area contributed by atoms with E-state index in [4.69, 9.17) is 14.6 Å². The number of aromatic carboxylic acids is 1. The molecule has 178 valence electrons. The lowest BCUT2D eigenvalue weighted by Gasteiger charge is -2.20. The molecular weight excluding hydrogens is 448 g/mol. The van der Waals surface area contributed by atoms with Crippen molar-refractivity contribution in [2.75, 3.05) is 18.5 Å². The number of ether oxygens (including phenoxy) is 2. The summed E-state index contributed by atoms with van der Waals surface area (Å²) in [4.78, 5) is 36.3. The van der Waals surface area contributed by atoms with E-state index in [0.717, 1.165) is 22.3 Å². The summed E-state index contributed by atoms with van der Waals surface area (Å²) in [5.74, 6) is -1.52. The van der Waals surface area contributed by atoms with E-state index in [2.05, 4.69) is 34.9 Å². The standard InChI is InChI=1S/C27H24N2O6/c30-25(28-17-11-9-16(10-12-17)26(31)32)24-23(13-14-34-24)29-27(33)35-15-22-20-7-3-1-5-18(20)19-6-2-4-8-21(19)22/h1-12,22-24H,13-15H2,(H,28,30)(H,29,33)(H,31,32)/t23-,24+/m1/s1. The number of nitrogens with one attached hydrogen (secondary N) is 2. The summed E-state index contributed by atoms with van der Waals surface area (Å²) in [5.41, 5.74) is 5.10. The number of hydrogen-bond donors (Lipinski definition) is 3. The first-order valence-electron chi connectivity index (χ1n) is 11.4. The van der Waals surface area contributed by atoms with Gasteiger partial charge in [-0.2, -0.15) is 0 Å². The Morgan fingerprint density at radius 1 is 0.914 bits per heavy atom. The van der Waals surface area contributed by atoms with Gasteiger partial charge < -0.3 is 25.2 Å². The highest BCUT2D eigenvalue weighted by Gasteiger charge is 2.36. The minimum atomic E-state index is -1.05. The molecule has 1 aliphatic heterocycles. The largest absolute Gasteiger partial charge is 0.478 e. The molecule has 1 saturated heterocycles. The average molecular weight is 472 g/mol. The SMILES string of the molecule is O=C(N[C@@H]1CCO[C@@H]1C(=O)Nc1ccc(C(=O)O)cc1)OCC1c2ccccc2-c2ccccc21. The molecule has 2 aliphatic rings. The molecule has 0 radical (unpaired) electrons. The van der Waals surface area contributed by atoms with Crippen LogP contribution < -0.4 is 10.6 Å². The van der Waals surface area contributed by atoms with E-state index in [9.17, 15) is 14.4 Å². The maximum absolute atomic E-state index is 12.7. The van der Waals surface area contributed by atoms with Gasteiger partial charge in [0.05, 0.1) is 11.6 Å². The third-order valence-corrected chi connectivity index (χ3v) is 6.40. The number of alkyl carbamates (subject to hydrolysis) is 1. The number of carboxylic acids is 1. The van der Waals surface area contributed by atoms with E-state index in [-0.39, 0.29) is 18.1 Å². The van der Waals surface area contributed by atoms with Crippen LogP contribution in [0, 0.1) is 0 Å². The Morgan fingerprint density at radius 2 is 1.54 bits per heavy atom. The molecule has 3 aromatic carbocycles. The first-order valence-corrected chi connectivity index (χ1v) is 11.4. The van der Waals surface area contributed by atoms with Crippen LogP contribution in [0.5, 0.6) is 0 Å². The van der Waals surface area contributed by atoms with E-state index in [1.54, 1.807) is 0 Å². The summed E-state index contributed by atoms with van der Waals surface area (Å²) < 4.78 is 11.1. The molecule has 1 aliphatic carbocycles. The number of anilines is 1. The number of benzene rings is 3. The van der Waals surface area contributed by atoms with Crippen molar-refractivity contribution in [1.29, 1.82) is 0 Å². The molecule has 0 aromatic heterocycles. The van der Waals surface area contributed by atoms with E-state index in [1.165, 1.54) is 24.3 Å². The lowest BCUT2D eigenvalue weighted by atomic mass is 9.98. The fraction of sp³-hybridized carbons (Fsp3) is 0.222. The van der Waals surface area contributed by atoms with E-state index < -0.39 is 30.1 Å². The number of carbonyl (C=O) groups excluding carboxylic acids is 2. The van der Waals surface area contributed by atoms with Crippen LogP contribution in [0.3, 0.4) is 0 Å². The van der Waals surface area contributed by atoms with Gasteiger partial charge in [-0.1, -0.05) is 48.5 Å². The van der Waals surface area contributed by atoms with Crippen molar-refractivity contribution in [3.05, 3.63) is 89.5 Å². The fourth-order valence-corrected chi connectivity index (χ4v) is 4.70. The minimum Gasteiger partial charge on any atom is -0.478 e. The van der Waals surface area contributed by atoms with Gasteiger partial charge in [-0.05, 0) is 52.9 Å². The summed E-state index contributed by atoms with van der Waals surface area (Å²) in [6, 6.07) is 21.5. The smallest absolute Gasteiger partial charge is 0.407 e. The summed E-state index contributed by atoms with van der Waals surface area (Å²) in [6.07, 6.45) is -1.01. The van der Waals surface area contributed by atoms with Gasteiger partial charge in [0.25, 0.3) is 5.91 Å². The molecule has 0 spiro atoms. The predicted octanol–water partition coefficient (Wildman–Crippen LogP) is 4.02. The molecule has 1 heterocycles. The Morgan fingerprint density at radius 3 is 2.17 bits per heavy atom. The average Bonchev–Trinajstić information content (AvgIpc) is 3.45. The molecule has 2 atom stereocenters. The molecule has 0 bridgehead atoms. The van der Waals surface area contributed by atoms with E-state index in [0.29, 0.717) is 18.7 Å². The molecule has 0 unspecified atom stereocenters. The molecule has 1 fully saturated rings. The minimum absolute atomic E-state index is 0.0548. The monoisotopic (exact) mass is 472 g/mol. The number of rotatable bonds is 6. The Kier molecular flexibility index (Phi) is 6.20. The summed E-state index contributed by atoms with van der Waals surface area (Å²) in [6.45, 7) is 0.505. The molecule has 8 nitrogen and oxygen atoms in total. The molecule has 5 rings (SSSR count). The summed E-state index contributed by atoms with van der Waals surface area (Å²) >= 11 is 0. The lowest BCUT2D eigenvalue weighted by Crippen LogP contribution is -2.46. The first kappa shape index (κ1) is 22.6. The molecular formula is C27H24N2O6. The topological polar surface area (TPSA) is 114 Å². The van der Waals surface area contributed by atoms with Crippen molar-refractivity contribution in [2.45, 2.75) is 24.5 Å². The third kappa shape index (κ3) is 4.61. The highest BCUT2D eigenvalue weighted by Crippen LogP contribution is 2.44. The van der Waals surface area contributed by atoms with Crippen LogP contribution in [0.15, 0.2) is 72.8 Å². The number of amides is 2.